The summed E-state index contributed by atoms with van der Waals surface area (Å²) in [5, 5.41) is 2.85. The molecule has 112 valence electrons. The van der Waals surface area contributed by atoms with Crippen LogP contribution in [0.25, 0.3) is 11.1 Å². The predicted octanol–water partition coefficient (Wildman–Crippen LogP) is 3.05. The molecule has 0 aliphatic carbocycles. The lowest BCUT2D eigenvalue weighted by Crippen LogP contribution is -2.24. The van der Waals surface area contributed by atoms with Gasteiger partial charge in [-0.3, -0.25) is 4.79 Å². The van der Waals surface area contributed by atoms with Gasteiger partial charge in [0, 0.05) is 19.5 Å². The molecule has 3 N–H and O–H groups in total. The molecular weight excluding hydrogens is 284 g/mol. The molecule has 21 heavy (non-hydrogen) atoms. The topological polar surface area (TPSA) is 55.1 Å². The van der Waals surface area contributed by atoms with Crippen molar-refractivity contribution in [1.29, 1.82) is 0 Å². The summed E-state index contributed by atoms with van der Waals surface area (Å²) in [6, 6.07) is 16.7. The lowest BCUT2D eigenvalue weighted by atomic mass is 10.0. The van der Waals surface area contributed by atoms with Crippen molar-refractivity contribution in [2.24, 2.45) is 5.73 Å². The van der Waals surface area contributed by atoms with E-state index >= 15 is 0 Å². The molecule has 0 aromatic heterocycles. The Morgan fingerprint density at radius 3 is 2.43 bits per heavy atom. The Kier molecular flexibility index (Phi) is 6.92. The normalized spacial score (nSPS) is 9.81. The van der Waals surface area contributed by atoms with E-state index in [1.54, 1.807) is 0 Å². The Balaban J connectivity index is 0.00000220. The quantitative estimate of drug-likeness (QED) is 0.892. The molecule has 0 aliphatic rings. The Morgan fingerprint density at radius 2 is 1.81 bits per heavy atom. The highest BCUT2D eigenvalue weighted by molar-refractivity contribution is 5.85. The fourth-order valence-electron chi connectivity index (χ4n) is 2.06. The van der Waals surface area contributed by atoms with E-state index in [0.29, 0.717) is 19.5 Å². The monoisotopic (exact) mass is 304 g/mol. The number of aryl methyl sites for hydroxylation is 1. The van der Waals surface area contributed by atoms with E-state index in [1.165, 1.54) is 16.7 Å². The fraction of sp³-hybridized carbons (Fsp3) is 0.235. The van der Waals surface area contributed by atoms with Crippen LogP contribution in [-0.2, 0) is 11.3 Å². The van der Waals surface area contributed by atoms with E-state index in [9.17, 15) is 4.79 Å². The van der Waals surface area contributed by atoms with Crippen molar-refractivity contribution in [3.8, 4) is 11.1 Å². The zero-order valence-corrected chi connectivity index (χ0v) is 13.0. The number of rotatable bonds is 5. The minimum Gasteiger partial charge on any atom is -0.352 e. The van der Waals surface area contributed by atoms with Crippen molar-refractivity contribution < 1.29 is 4.79 Å². The van der Waals surface area contributed by atoms with E-state index < -0.39 is 0 Å². The average Bonchev–Trinajstić information content (AvgIpc) is 2.46. The third-order valence-electron chi connectivity index (χ3n) is 3.17. The van der Waals surface area contributed by atoms with Gasteiger partial charge in [-0.15, -0.1) is 12.4 Å². The van der Waals surface area contributed by atoms with Crippen LogP contribution in [-0.4, -0.2) is 12.5 Å². The standard InChI is InChI=1S/C17H20N2O.ClH/c1-13-3-2-4-16(11-13)15-7-5-14(6-8-15)12-19-17(20)9-10-18;/h2-8,11H,9-10,12,18H2,1H3,(H,19,20);1H. The second-order valence-electron chi connectivity index (χ2n) is 4.88. The SMILES string of the molecule is Cc1cccc(-c2ccc(CNC(=O)CCN)cc2)c1.Cl. The first-order valence-corrected chi connectivity index (χ1v) is 6.82. The number of nitrogens with two attached hydrogens (primary N) is 1. The fourth-order valence-corrected chi connectivity index (χ4v) is 2.06. The Hall–Kier alpha value is -1.84. The van der Waals surface area contributed by atoms with E-state index in [4.69, 9.17) is 5.73 Å². The van der Waals surface area contributed by atoms with Gasteiger partial charge >= 0.3 is 0 Å². The summed E-state index contributed by atoms with van der Waals surface area (Å²) >= 11 is 0. The molecule has 0 unspecified atom stereocenters. The highest BCUT2D eigenvalue weighted by Gasteiger charge is 2.01. The number of amides is 1. The molecule has 4 heteroatoms. The van der Waals surface area contributed by atoms with Crippen LogP contribution in [0.5, 0.6) is 0 Å². The van der Waals surface area contributed by atoms with Gasteiger partial charge in [-0.1, -0.05) is 54.1 Å². The number of carbonyl (C=O) groups excluding carboxylic acids is 1. The van der Waals surface area contributed by atoms with Crippen LogP contribution < -0.4 is 11.1 Å². The molecular formula is C17H21ClN2O. The number of hydrogen-bond acceptors (Lipinski definition) is 2. The molecule has 1 amide bonds. The Bertz CT molecular complexity index is 582. The number of carbonyl (C=O) groups is 1. The molecule has 2 aromatic rings. The van der Waals surface area contributed by atoms with Crippen LogP contribution in [0.1, 0.15) is 17.5 Å². The molecule has 0 spiro atoms. The van der Waals surface area contributed by atoms with Crippen molar-refractivity contribution in [3.63, 3.8) is 0 Å². The molecule has 3 nitrogen and oxygen atoms in total. The summed E-state index contributed by atoms with van der Waals surface area (Å²) < 4.78 is 0. The summed E-state index contributed by atoms with van der Waals surface area (Å²) in [6.45, 7) is 3.02. The summed E-state index contributed by atoms with van der Waals surface area (Å²) in [6.07, 6.45) is 0.376. The zero-order chi connectivity index (χ0) is 14.4. The van der Waals surface area contributed by atoms with Crippen LogP contribution in [0.15, 0.2) is 48.5 Å². The average molecular weight is 305 g/mol. The van der Waals surface area contributed by atoms with Crippen LogP contribution in [0.2, 0.25) is 0 Å². The van der Waals surface area contributed by atoms with Crippen molar-refractivity contribution in [2.75, 3.05) is 6.54 Å². The van der Waals surface area contributed by atoms with E-state index in [-0.39, 0.29) is 18.3 Å². The molecule has 2 aromatic carbocycles. The largest absolute Gasteiger partial charge is 0.352 e. The molecule has 0 heterocycles. The Morgan fingerprint density at radius 1 is 1.10 bits per heavy atom. The van der Waals surface area contributed by atoms with Gasteiger partial charge in [0.25, 0.3) is 0 Å². The molecule has 0 saturated carbocycles. The lowest BCUT2D eigenvalue weighted by Gasteiger charge is -2.07. The van der Waals surface area contributed by atoms with Crippen LogP contribution in [0.3, 0.4) is 0 Å². The van der Waals surface area contributed by atoms with E-state index in [2.05, 4.69) is 48.6 Å². The van der Waals surface area contributed by atoms with Gasteiger partial charge in [-0.25, -0.2) is 0 Å². The van der Waals surface area contributed by atoms with Gasteiger partial charge in [0.15, 0.2) is 0 Å². The van der Waals surface area contributed by atoms with Gasteiger partial charge < -0.3 is 11.1 Å². The highest BCUT2D eigenvalue weighted by atomic mass is 35.5. The van der Waals surface area contributed by atoms with Crippen LogP contribution in [0, 0.1) is 6.92 Å². The van der Waals surface area contributed by atoms with Gasteiger partial charge in [0.2, 0.25) is 5.91 Å². The number of hydrogen-bond donors (Lipinski definition) is 2. The summed E-state index contributed by atoms with van der Waals surface area (Å²) in [4.78, 5) is 11.4. The van der Waals surface area contributed by atoms with E-state index in [1.807, 2.05) is 12.1 Å². The molecule has 0 aliphatic heterocycles. The van der Waals surface area contributed by atoms with Gasteiger partial charge in [-0.05, 0) is 23.6 Å². The molecule has 2 rings (SSSR count). The highest BCUT2D eigenvalue weighted by Crippen LogP contribution is 2.20. The first-order chi connectivity index (χ1) is 9.69. The first-order valence-electron chi connectivity index (χ1n) is 6.82. The number of benzene rings is 2. The minimum atomic E-state index is -0.00439. The second kappa shape index (κ2) is 8.45. The van der Waals surface area contributed by atoms with Gasteiger partial charge in [0.05, 0.1) is 0 Å². The summed E-state index contributed by atoms with van der Waals surface area (Å²) in [5.74, 6) is -0.00439. The predicted molar refractivity (Wildman–Crippen MR) is 89.4 cm³/mol. The smallest absolute Gasteiger partial charge is 0.221 e. The first kappa shape index (κ1) is 17.2. The molecule has 0 fully saturated rings. The molecule has 0 atom stereocenters. The maximum atomic E-state index is 11.4. The van der Waals surface area contributed by atoms with Crippen LogP contribution >= 0.6 is 12.4 Å². The molecule has 0 saturated heterocycles. The third-order valence-corrected chi connectivity index (χ3v) is 3.17. The third kappa shape index (κ3) is 5.21. The van der Waals surface area contributed by atoms with Crippen molar-refractivity contribution in [2.45, 2.75) is 19.9 Å². The van der Waals surface area contributed by atoms with Crippen molar-refractivity contribution in [1.82, 2.24) is 5.32 Å². The Labute approximate surface area is 132 Å². The second-order valence-corrected chi connectivity index (χ2v) is 4.88. The van der Waals surface area contributed by atoms with Crippen LogP contribution in [0.4, 0.5) is 0 Å². The lowest BCUT2D eigenvalue weighted by molar-refractivity contribution is -0.121. The van der Waals surface area contributed by atoms with Gasteiger partial charge in [0.1, 0.15) is 0 Å². The molecule has 0 radical (unpaired) electrons. The zero-order valence-electron chi connectivity index (χ0n) is 12.1. The maximum absolute atomic E-state index is 11.4. The number of nitrogens with one attached hydrogen (secondary N) is 1. The maximum Gasteiger partial charge on any atom is 0.221 e. The van der Waals surface area contributed by atoms with Gasteiger partial charge in [-0.2, -0.15) is 0 Å². The summed E-state index contributed by atoms with van der Waals surface area (Å²) in [5.41, 5.74) is 10.1. The van der Waals surface area contributed by atoms with Crippen molar-refractivity contribution in [3.05, 3.63) is 59.7 Å². The van der Waals surface area contributed by atoms with E-state index in [0.717, 1.165) is 5.56 Å². The molecule has 0 bridgehead atoms. The number of halogens is 1. The van der Waals surface area contributed by atoms with Crippen molar-refractivity contribution >= 4 is 18.3 Å². The minimum absolute atomic E-state index is 0. The summed E-state index contributed by atoms with van der Waals surface area (Å²) in [7, 11) is 0.